The molecule has 0 heteroatoms. The Morgan fingerprint density at radius 1 is 1.07 bits per heavy atom. The van der Waals surface area contributed by atoms with Gasteiger partial charge in [-0.15, -0.1) is 0 Å². The lowest BCUT2D eigenvalue weighted by molar-refractivity contribution is 0.354. The highest BCUT2D eigenvalue weighted by atomic mass is 14.4. The zero-order valence-corrected chi connectivity index (χ0v) is 10.1. The van der Waals surface area contributed by atoms with Gasteiger partial charge in [0, 0.05) is 0 Å². The van der Waals surface area contributed by atoms with Crippen LogP contribution in [0, 0.1) is 0 Å². The molecule has 0 spiro atoms. The molecule has 1 aliphatic carbocycles. The number of aryl methyl sites for hydroxylation is 1. The Morgan fingerprint density at radius 2 is 1.73 bits per heavy atom. The summed E-state index contributed by atoms with van der Waals surface area (Å²) < 4.78 is 0. The fraction of sp³-hybridized carbons (Fsp3) is 0.600. The minimum atomic E-state index is 0.528. The number of benzene rings is 1. The predicted octanol–water partition coefficient (Wildman–Crippen LogP) is 4.47. The molecule has 0 aromatic heterocycles. The van der Waals surface area contributed by atoms with Crippen LogP contribution in [0.3, 0.4) is 0 Å². The Hall–Kier alpha value is -0.780. The standard InChI is InChI=1S/C15H22/c1-3-10-15(11-4-2)12-9-13-7-5-6-8-14(13)15/h5-8H,3-4,9-12H2,1-2H3. The third kappa shape index (κ3) is 1.82. The zero-order valence-electron chi connectivity index (χ0n) is 10.1. The van der Waals surface area contributed by atoms with E-state index in [1.165, 1.54) is 38.5 Å². The van der Waals surface area contributed by atoms with Crippen LogP contribution in [0.5, 0.6) is 0 Å². The molecule has 82 valence electrons. The third-order valence-electron chi connectivity index (χ3n) is 3.92. The molecule has 0 aliphatic heterocycles. The van der Waals surface area contributed by atoms with Crippen LogP contribution in [0.2, 0.25) is 0 Å². The molecular weight excluding hydrogens is 180 g/mol. The fourth-order valence-corrected chi connectivity index (χ4v) is 3.37. The van der Waals surface area contributed by atoms with E-state index >= 15 is 0 Å². The van der Waals surface area contributed by atoms with E-state index in [1.54, 1.807) is 11.1 Å². The Bertz CT molecular complexity index is 313. The Morgan fingerprint density at radius 3 is 2.40 bits per heavy atom. The number of fused-ring (bicyclic) bond motifs is 1. The van der Waals surface area contributed by atoms with Crippen molar-refractivity contribution in [2.24, 2.45) is 0 Å². The van der Waals surface area contributed by atoms with E-state index in [0.717, 1.165) is 0 Å². The van der Waals surface area contributed by atoms with Crippen molar-refractivity contribution in [3.63, 3.8) is 0 Å². The van der Waals surface area contributed by atoms with E-state index in [4.69, 9.17) is 0 Å². The summed E-state index contributed by atoms with van der Waals surface area (Å²) in [5, 5.41) is 0. The highest BCUT2D eigenvalue weighted by Gasteiger charge is 2.36. The van der Waals surface area contributed by atoms with Crippen LogP contribution >= 0.6 is 0 Å². The van der Waals surface area contributed by atoms with Crippen LogP contribution in [0.1, 0.15) is 57.1 Å². The first-order valence-corrected chi connectivity index (χ1v) is 6.41. The Labute approximate surface area is 93.7 Å². The predicted molar refractivity (Wildman–Crippen MR) is 66.3 cm³/mol. The maximum Gasteiger partial charge on any atom is -0.00413 e. The van der Waals surface area contributed by atoms with Crippen LogP contribution < -0.4 is 0 Å². The number of rotatable bonds is 4. The second-order valence-corrected chi connectivity index (χ2v) is 4.94. The lowest BCUT2D eigenvalue weighted by atomic mass is 9.74. The summed E-state index contributed by atoms with van der Waals surface area (Å²) in [5.41, 5.74) is 3.80. The van der Waals surface area contributed by atoms with Crippen molar-refractivity contribution < 1.29 is 0 Å². The van der Waals surface area contributed by atoms with Gasteiger partial charge in [0.05, 0.1) is 0 Å². The normalized spacial score (nSPS) is 17.7. The van der Waals surface area contributed by atoms with Crippen LogP contribution in [0.25, 0.3) is 0 Å². The van der Waals surface area contributed by atoms with Crippen LogP contribution in [0.15, 0.2) is 24.3 Å². The Balaban J connectivity index is 2.35. The van der Waals surface area contributed by atoms with E-state index in [1.807, 2.05) is 0 Å². The molecule has 0 N–H and O–H groups in total. The molecule has 1 aromatic rings. The van der Waals surface area contributed by atoms with Gasteiger partial charge in [-0.1, -0.05) is 51.0 Å². The second kappa shape index (κ2) is 4.38. The molecule has 0 unspecified atom stereocenters. The van der Waals surface area contributed by atoms with Crippen molar-refractivity contribution in [3.8, 4) is 0 Å². The molecule has 1 aromatic carbocycles. The first-order chi connectivity index (χ1) is 7.32. The van der Waals surface area contributed by atoms with Crippen molar-refractivity contribution in [2.75, 3.05) is 0 Å². The maximum absolute atomic E-state index is 2.37. The average molecular weight is 202 g/mol. The van der Waals surface area contributed by atoms with Gasteiger partial charge in [0.25, 0.3) is 0 Å². The molecule has 0 saturated carbocycles. The van der Waals surface area contributed by atoms with E-state index in [2.05, 4.69) is 38.1 Å². The summed E-state index contributed by atoms with van der Waals surface area (Å²) in [6.45, 7) is 4.64. The molecule has 0 saturated heterocycles. The molecule has 0 amide bonds. The number of hydrogen-bond acceptors (Lipinski definition) is 0. The van der Waals surface area contributed by atoms with Gasteiger partial charge in [-0.2, -0.15) is 0 Å². The summed E-state index contributed by atoms with van der Waals surface area (Å²) >= 11 is 0. The molecule has 0 fully saturated rings. The minimum absolute atomic E-state index is 0.528. The second-order valence-electron chi connectivity index (χ2n) is 4.94. The van der Waals surface area contributed by atoms with Crippen molar-refractivity contribution in [1.29, 1.82) is 0 Å². The van der Waals surface area contributed by atoms with E-state index in [0.29, 0.717) is 5.41 Å². The highest BCUT2D eigenvalue weighted by molar-refractivity contribution is 5.39. The molecular formula is C15H22. The summed E-state index contributed by atoms with van der Waals surface area (Å²) in [6, 6.07) is 9.09. The van der Waals surface area contributed by atoms with Crippen LogP contribution in [-0.2, 0) is 11.8 Å². The lowest BCUT2D eigenvalue weighted by Gasteiger charge is -2.30. The zero-order chi connectivity index (χ0) is 10.7. The summed E-state index contributed by atoms with van der Waals surface area (Å²) in [5.74, 6) is 0. The first-order valence-electron chi connectivity index (χ1n) is 6.41. The van der Waals surface area contributed by atoms with Crippen LogP contribution in [-0.4, -0.2) is 0 Å². The average Bonchev–Trinajstić information content (AvgIpc) is 2.60. The number of hydrogen-bond donors (Lipinski definition) is 0. The summed E-state index contributed by atoms with van der Waals surface area (Å²) in [4.78, 5) is 0. The summed E-state index contributed by atoms with van der Waals surface area (Å²) in [6.07, 6.45) is 8.06. The van der Waals surface area contributed by atoms with Gasteiger partial charge < -0.3 is 0 Å². The quantitative estimate of drug-likeness (QED) is 0.675. The molecule has 1 aliphatic rings. The largest absolute Gasteiger partial charge is 0.0654 e. The van der Waals surface area contributed by atoms with Gasteiger partial charge in [-0.3, -0.25) is 0 Å². The molecule has 15 heavy (non-hydrogen) atoms. The van der Waals surface area contributed by atoms with E-state index in [9.17, 15) is 0 Å². The van der Waals surface area contributed by atoms with Crippen molar-refractivity contribution >= 4 is 0 Å². The SMILES string of the molecule is CCCC1(CCC)CCc2ccccc21. The van der Waals surface area contributed by atoms with Gasteiger partial charge >= 0.3 is 0 Å². The molecule has 0 bridgehead atoms. The van der Waals surface area contributed by atoms with Gasteiger partial charge in [0.15, 0.2) is 0 Å². The smallest absolute Gasteiger partial charge is 0.00413 e. The minimum Gasteiger partial charge on any atom is -0.0654 e. The van der Waals surface area contributed by atoms with Crippen molar-refractivity contribution in [2.45, 2.75) is 57.8 Å². The fourth-order valence-electron chi connectivity index (χ4n) is 3.37. The van der Waals surface area contributed by atoms with Gasteiger partial charge in [-0.25, -0.2) is 0 Å². The van der Waals surface area contributed by atoms with E-state index < -0.39 is 0 Å². The molecule has 0 nitrogen and oxygen atoms in total. The summed E-state index contributed by atoms with van der Waals surface area (Å²) in [7, 11) is 0. The topological polar surface area (TPSA) is 0 Å². The molecule has 0 atom stereocenters. The molecule has 2 rings (SSSR count). The van der Waals surface area contributed by atoms with Crippen molar-refractivity contribution in [3.05, 3.63) is 35.4 Å². The monoisotopic (exact) mass is 202 g/mol. The van der Waals surface area contributed by atoms with Gasteiger partial charge in [0.1, 0.15) is 0 Å². The molecule has 0 heterocycles. The lowest BCUT2D eigenvalue weighted by Crippen LogP contribution is -2.22. The molecule has 0 radical (unpaired) electrons. The van der Waals surface area contributed by atoms with Gasteiger partial charge in [-0.05, 0) is 42.2 Å². The third-order valence-corrected chi connectivity index (χ3v) is 3.92. The maximum atomic E-state index is 2.37. The highest BCUT2D eigenvalue weighted by Crippen LogP contribution is 2.45. The Kier molecular flexibility index (Phi) is 3.14. The van der Waals surface area contributed by atoms with Crippen molar-refractivity contribution in [1.82, 2.24) is 0 Å². The van der Waals surface area contributed by atoms with Crippen LogP contribution in [0.4, 0.5) is 0 Å². The van der Waals surface area contributed by atoms with E-state index in [-0.39, 0.29) is 0 Å². The first kappa shape index (κ1) is 10.7. The van der Waals surface area contributed by atoms with Gasteiger partial charge in [0.2, 0.25) is 0 Å².